The van der Waals surface area contributed by atoms with Gasteiger partial charge in [0.1, 0.15) is 11.6 Å². The lowest BCUT2D eigenvalue weighted by Gasteiger charge is -2.10. The van der Waals surface area contributed by atoms with E-state index in [2.05, 4.69) is 15.5 Å². The molecule has 4 nitrogen and oxygen atoms in total. The fourth-order valence-electron chi connectivity index (χ4n) is 1.81. The Morgan fingerprint density at radius 2 is 1.96 bits per heavy atom. The Hall–Kier alpha value is -1.32. The molecule has 23 heavy (non-hydrogen) atoms. The molecule has 0 aliphatic carbocycles. The van der Waals surface area contributed by atoms with E-state index in [9.17, 15) is 17.6 Å². The molecule has 1 aromatic carbocycles. The average Bonchev–Trinajstić information content (AvgIpc) is 2.78. The van der Waals surface area contributed by atoms with Crippen LogP contribution in [0.25, 0.3) is 0 Å². The highest BCUT2D eigenvalue weighted by atomic mass is 35.5. The minimum atomic E-state index is -4.70. The van der Waals surface area contributed by atoms with Gasteiger partial charge in [-0.25, -0.2) is 4.39 Å². The zero-order valence-corrected chi connectivity index (χ0v) is 13.9. The summed E-state index contributed by atoms with van der Waals surface area (Å²) in [5.41, 5.74) is -0.878. The minimum Gasteiger partial charge on any atom is -0.313 e. The van der Waals surface area contributed by atoms with Crippen molar-refractivity contribution in [2.45, 2.75) is 23.6 Å². The van der Waals surface area contributed by atoms with Crippen molar-refractivity contribution in [2.75, 3.05) is 7.05 Å². The lowest BCUT2D eigenvalue weighted by Crippen LogP contribution is -2.10. The third-order valence-electron chi connectivity index (χ3n) is 2.96. The van der Waals surface area contributed by atoms with E-state index in [0.29, 0.717) is 17.3 Å². The predicted octanol–water partition coefficient (Wildman–Crippen LogP) is 3.41. The summed E-state index contributed by atoms with van der Waals surface area (Å²) in [5, 5.41) is 11.5. The molecule has 0 aliphatic heterocycles. The Kier molecular flexibility index (Phi) is 6.84. The SMILES string of the molecule is CNCc1nnc(SCc2ccc(F)c(C(F)(F)F)c2)n1C.Cl. The van der Waals surface area contributed by atoms with Crippen molar-refractivity contribution in [3.63, 3.8) is 0 Å². The highest BCUT2D eigenvalue weighted by Crippen LogP contribution is 2.33. The van der Waals surface area contributed by atoms with E-state index in [-0.39, 0.29) is 18.2 Å². The summed E-state index contributed by atoms with van der Waals surface area (Å²) in [4.78, 5) is 0. The number of thioether (sulfide) groups is 1. The maximum absolute atomic E-state index is 13.2. The molecule has 1 heterocycles. The Labute approximate surface area is 141 Å². The van der Waals surface area contributed by atoms with Crippen LogP contribution < -0.4 is 5.32 Å². The third-order valence-corrected chi connectivity index (χ3v) is 4.06. The van der Waals surface area contributed by atoms with Gasteiger partial charge in [0.05, 0.1) is 12.1 Å². The maximum atomic E-state index is 13.2. The van der Waals surface area contributed by atoms with Gasteiger partial charge in [0, 0.05) is 12.8 Å². The number of rotatable bonds is 5. The number of aromatic nitrogens is 3. The summed E-state index contributed by atoms with van der Waals surface area (Å²) >= 11 is 1.24. The van der Waals surface area contributed by atoms with Crippen LogP contribution in [0.4, 0.5) is 17.6 Å². The molecule has 0 radical (unpaired) electrons. The van der Waals surface area contributed by atoms with Crippen LogP contribution in [0, 0.1) is 5.82 Å². The van der Waals surface area contributed by atoms with E-state index in [1.807, 2.05) is 0 Å². The van der Waals surface area contributed by atoms with Gasteiger partial charge in [-0.3, -0.25) is 0 Å². The Bertz CT molecular complexity index is 660. The average molecular weight is 371 g/mol. The molecule has 0 fully saturated rings. The number of hydrogen-bond donors (Lipinski definition) is 1. The quantitative estimate of drug-likeness (QED) is 0.647. The van der Waals surface area contributed by atoms with Crippen LogP contribution in [0.15, 0.2) is 23.4 Å². The molecular weight excluding hydrogens is 356 g/mol. The van der Waals surface area contributed by atoms with Crippen molar-refractivity contribution in [2.24, 2.45) is 7.05 Å². The van der Waals surface area contributed by atoms with Gasteiger partial charge < -0.3 is 9.88 Å². The topological polar surface area (TPSA) is 42.7 Å². The Balaban J connectivity index is 0.00000264. The first kappa shape index (κ1) is 19.7. The van der Waals surface area contributed by atoms with Gasteiger partial charge in [-0.05, 0) is 24.7 Å². The fraction of sp³-hybridized carbons (Fsp3) is 0.385. The second kappa shape index (κ2) is 7.98. The van der Waals surface area contributed by atoms with E-state index in [0.717, 1.165) is 18.0 Å². The van der Waals surface area contributed by atoms with Gasteiger partial charge in [-0.15, -0.1) is 22.6 Å². The fourth-order valence-corrected chi connectivity index (χ4v) is 2.68. The summed E-state index contributed by atoms with van der Waals surface area (Å²) in [7, 11) is 3.56. The number of nitrogens with zero attached hydrogens (tertiary/aromatic N) is 3. The van der Waals surface area contributed by atoms with E-state index in [4.69, 9.17) is 0 Å². The van der Waals surface area contributed by atoms with Crippen molar-refractivity contribution in [3.8, 4) is 0 Å². The summed E-state index contributed by atoms with van der Waals surface area (Å²) in [6, 6.07) is 3.00. The Morgan fingerprint density at radius 1 is 1.26 bits per heavy atom. The molecular formula is C13H15ClF4N4S. The van der Waals surface area contributed by atoms with Gasteiger partial charge >= 0.3 is 6.18 Å². The zero-order chi connectivity index (χ0) is 16.3. The molecule has 0 bridgehead atoms. The molecule has 0 spiro atoms. The molecule has 2 aromatic rings. The number of benzene rings is 1. The molecule has 1 aromatic heterocycles. The zero-order valence-electron chi connectivity index (χ0n) is 12.3. The number of alkyl halides is 3. The molecule has 10 heteroatoms. The molecule has 128 valence electrons. The molecule has 0 amide bonds. The van der Waals surface area contributed by atoms with Crippen LogP contribution in [0.3, 0.4) is 0 Å². The maximum Gasteiger partial charge on any atom is 0.419 e. The molecule has 0 saturated carbocycles. The van der Waals surface area contributed by atoms with Crippen LogP contribution in [0.5, 0.6) is 0 Å². The highest BCUT2D eigenvalue weighted by molar-refractivity contribution is 7.98. The van der Waals surface area contributed by atoms with Crippen LogP contribution in [-0.2, 0) is 25.5 Å². The second-order valence-corrected chi connectivity index (χ2v) is 5.53. The van der Waals surface area contributed by atoms with Crippen LogP contribution in [-0.4, -0.2) is 21.8 Å². The first-order valence-corrected chi connectivity index (χ1v) is 7.32. The largest absolute Gasteiger partial charge is 0.419 e. The van der Waals surface area contributed by atoms with E-state index < -0.39 is 17.6 Å². The molecule has 2 rings (SSSR count). The van der Waals surface area contributed by atoms with Crippen molar-refractivity contribution >= 4 is 24.2 Å². The summed E-state index contributed by atoms with van der Waals surface area (Å²) < 4.78 is 53.0. The molecule has 1 N–H and O–H groups in total. The van der Waals surface area contributed by atoms with Gasteiger partial charge in [0.15, 0.2) is 5.16 Å². The number of hydrogen-bond acceptors (Lipinski definition) is 4. The summed E-state index contributed by atoms with van der Waals surface area (Å²) in [6.07, 6.45) is -4.70. The first-order valence-electron chi connectivity index (χ1n) is 6.34. The highest BCUT2D eigenvalue weighted by Gasteiger charge is 2.34. The van der Waals surface area contributed by atoms with Gasteiger partial charge in [-0.1, -0.05) is 17.8 Å². The summed E-state index contributed by atoms with van der Waals surface area (Å²) in [6.45, 7) is 0.541. The van der Waals surface area contributed by atoms with Gasteiger partial charge in [0.25, 0.3) is 0 Å². The van der Waals surface area contributed by atoms with Crippen molar-refractivity contribution < 1.29 is 17.6 Å². The number of nitrogens with one attached hydrogen (secondary N) is 1. The van der Waals surface area contributed by atoms with Gasteiger partial charge in [0.2, 0.25) is 0 Å². The standard InChI is InChI=1S/C13H14F4N4S.ClH/c1-18-6-11-19-20-12(21(11)2)22-7-8-3-4-10(14)9(5-8)13(15,16)17;/h3-5,18H,6-7H2,1-2H3;1H. The van der Waals surface area contributed by atoms with E-state index in [1.54, 1.807) is 18.7 Å². The molecule has 0 aliphatic rings. The van der Waals surface area contributed by atoms with Crippen LogP contribution >= 0.6 is 24.2 Å². The lowest BCUT2D eigenvalue weighted by molar-refractivity contribution is -0.140. The Morgan fingerprint density at radius 3 is 2.57 bits per heavy atom. The van der Waals surface area contributed by atoms with E-state index >= 15 is 0 Å². The van der Waals surface area contributed by atoms with Crippen molar-refractivity contribution in [3.05, 3.63) is 41.0 Å². The van der Waals surface area contributed by atoms with E-state index in [1.165, 1.54) is 17.8 Å². The summed E-state index contributed by atoms with van der Waals surface area (Å²) in [5.74, 6) is -0.300. The third kappa shape index (κ3) is 4.82. The minimum absolute atomic E-state index is 0. The normalized spacial score (nSPS) is 11.4. The van der Waals surface area contributed by atoms with Gasteiger partial charge in [-0.2, -0.15) is 13.2 Å². The van der Waals surface area contributed by atoms with Crippen LogP contribution in [0.2, 0.25) is 0 Å². The smallest absolute Gasteiger partial charge is 0.313 e. The molecule has 0 saturated heterocycles. The molecule has 0 unspecified atom stereocenters. The predicted molar refractivity (Wildman–Crippen MR) is 82.0 cm³/mol. The van der Waals surface area contributed by atoms with Crippen molar-refractivity contribution in [1.82, 2.24) is 20.1 Å². The molecule has 0 atom stereocenters. The monoisotopic (exact) mass is 370 g/mol. The van der Waals surface area contributed by atoms with Crippen molar-refractivity contribution in [1.29, 1.82) is 0 Å². The first-order chi connectivity index (χ1) is 10.3. The second-order valence-electron chi connectivity index (χ2n) is 4.59. The lowest BCUT2D eigenvalue weighted by atomic mass is 10.1. The number of halogens is 5. The van der Waals surface area contributed by atoms with Crippen LogP contribution in [0.1, 0.15) is 17.0 Å².